The molecule has 0 saturated heterocycles. The maximum Gasteiger partial charge on any atom is 0.324 e. The lowest BCUT2D eigenvalue weighted by molar-refractivity contribution is -0.135. The maximum atomic E-state index is 12.9. The van der Waals surface area contributed by atoms with Gasteiger partial charge in [-0.05, 0) is 42.8 Å². The highest BCUT2D eigenvalue weighted by atomic mass is 35.5. The number of nitrogens with zero attached hydrogens (tertiary/aromatic N) is 1. The molecule has 0 radical (unpaired) electrons. The van der Waals surface area contributed by atoms with E-state index in [1.165, 1.54) is 24.3 Å². The Balaban J connectivity index is 2.62. The zero-order chi connectivity index (χ0) is 17.2. The molecule has 1 N–H and O–H groups in total. The van der Waals surface area contributed by atoms with Crippen LogP contribution < -0.4 is 4.31 Å². The lowest BCUT2D eigenvalue weighted by Gasteiger charge is -2.23. The number of benzene rings is 2. The Morgan fingerprint density at radius 3 is 2.48 bits per heavy atom. The summed E-state index contributed by atoms with van der Waals surface area (Å²) in [5, 5.41) is 9.24. The summed E-state index contributed by atoms with van der Waals surface area (Å²) in [5.74, 6) is -1.28. The topological polar surface area (TPSA) is 74.7 Å². The summed E-state index contributed by atoms with van der Waals surface area (Å²) in [5.41, 5.74) is 1.04. The second-order valence-electron chi connectivity index (χ2n) is 4.82. The van der Waals surface area contributed by atoms with E-state index in [2.05, 4.69) is 0 Å². The molecule has 0 unspecified atom stereocenters. The molecule has 0 bridgehead atoms. The highest BCUT2D eigenvalue weighted by Crippen LogP contribution is 2.30. The van der Waals surface area contributed by atoms with E-state index in [4.69, 9.17) is 28.3 Å². The van der Waals surface area contributed by atoms with E-state index in [1.54, 1.807) is 25.1 Å². The maximum absolute atomic E-state index is 12.9. The molecule has 2 rings (SSSR count). The van der Waals surface area contributed by atoms with Gasteiger partial charge in [-0.25, -0.2) is 8.42 Å². The molecule has 0 fully saturated rings. The van der Waals surface area contributed by atoms with Gasteiger partial charge in [0.05, 0.1) is 10.7 Å². The summed E-state index contributed by atoms with van der Waals surface area (Å²) in [4.78, 5) is 10.9. The number of rotatable bonds is 5. The number of hydrogen-bond acceptors (Lipinski definition) is 3. The van der Waals surface area contributed by atoms with Crippen molar-refractivity contribution < 1.29 is 18.3 Å². The molecule has 8 heteroatoms. The third-order valence-electron chi connectivity index (χ3n) is 3.03. The van der Waals surface area contributed by atoms with Crippen molar-refractivity contribution >= 4 is 44.9 Å². The van der Waals surface area contributed by atoms with Crippen molar-refractivity contribution in [1.29, 1.82) is 0 Å². The van der Waals surface area contributed by atoms with Crippen LogP contribution >= 0.6 is 23.2 Å². The van der Waals surface area contributed by atoms with E-state index in [-0.39, 0.29) is 20.6 Å². The van der Waals surface area contributed by atoms with Crippen molar-refractivity contribution in [2.45, 2.75) is 11.8 Å². The molecular formula is C15H13Cl2NO4S. The van der Waals surface area contributed by atoms with E-state index in [9.17, 15) is 13.2 Å². The number of aliphatic carboxylic acids is 1. The van der Waals surface area contributed by atoms with Gasteiger partial charge in [0.25, 0.3) is 10.0 Å². The number of hydrogen-bond donors (Lipinski definition) is 1. The third-order valence-corrected chi connectivity index (χ3v) is 5.52. The van der Waals surface area contributed by atoms with Crippen molar-refractivity contribution in [1.82, 2.24) is 0 Å². The Morgan fingerprint density at radius 1 is 1.17 bits per heavy atom. The van der Waals surface area contributed by atoms with Gasteiger partial charge in [-0.3, -0.25) is 9.10 Å². The standard InChI is InChI=1S/C15H13Cl2NO4S/c1-10-3-2-4-12(7-10)18(9-15(19)20)23(21,22)14-8-11(16)5-6-13(14)17/h2-8H,9H2,1H3,(H,19,20). The van der Waals surface area contributed by atoms with Gasteiger partial charge in [-0.2, -0.15) is 0 Å². The monoisotopic (exact) mass is 373 g/mol. The summed E-state index contributed by atoms with van der Waals surface area (Å²) in [6.07, 6.45) is 0. The van der Waals surface area contributed by atoms with Gasteiger partial charge in [0.15, 0.2) is 0 Å². The van der Waals surface area contributed by atoms with E-state index < -0.39 is 22.5 Å². The van der Waals surface area contributed by atoms with Crippen LogP contribution in [-0.4, -0.2) is 26.0 Å². The highest BCUT2D eigenvalue weighted by molar-refractivity contribution is 7.93. The lowest BCUT2D eigenvalue weighted by atomic mass is 10.2. The number of halogens is 2. The number of carboxylic acid groups (broad SMARTS) is 1. The quantitative estimate of drug-likeness (QED) is 0.868. The predicted octanol–water partition coefficient (Wildman–Crippen LogP) is 3.58. The van der Waals surface area contributed by atoms with Gasteiger partial charge in [0.2, 0.25) is 0 Å². The minimum atomic E-state index is -4.18. The van der Waals surface area contributed by atoms with Gasteiger partial charge in [-0.15, -0.1) is 0 Å². The fraction of sp³-hybridized carbons (Fsp3) is 0.133. The highest BCUT2D eigenvalue weighted by Gasteiger charge is 2.29. The molecule has 0 amide bonds. The van der Waals surface area contributed by atoms with Gasteiger partial charge in [0, 0.05) is 5.02 Å². The number of carbonyl (C=O) groups is 1. The van der Waals surface area contributed by atoms with Crippen LogP contribution in [0, 0.1) is 6.92 Å². The predicted molar refractivity (Wildman–Crippen MR) is 89.8 cm³/mol. The number of aryl methyl sites for hydroxylation is 1. The number of sulfonamides is 1. The summed E-state index contributed by atoms with van der Waals surface area (Å²) >= 11 is 11.8. The summed E-state index contributed by atoms with van der Waals surface area (Å²) in [6.45, 7) is 1.05. The van der Waals surface area contributed by atoms with Gasteiger partial charge < -0.3 is 5.11 Å². The van der Waals surface area contributed by atoms with Crippen LogP contribution in [0.1, 0.15) is 5.56 Å². The Bertz CT molecular complexity index is 852. The molecule has 0 heterocycles. The zero-order valence-electron chi connectivity index (χ0n) is 12.0. The average molecular weight is 374 g/mol. The fourth-order valence-corrected chi connectivity index (χ4v) is 4.16. The smallest absolute Gasteiger partial charge is 0.324 e. The van der Waals surface area contributed by atoms with Crippen LogP contribution in [0.25, 0.3) is 0 Å². The van der Waals surface area contributed by atoms with Crippen molar-refractivity contribution in [3.63, 3.8) is 0 Å². The van der Waals surface area contributed by atoms with Crippen LogP contribution in [0.2, 0.25) is 10.0 Å². The zero-order valence-corrected chi connectivity index (χ0v) is 14.4. The first-order valence-corrected chi connectivity index (χ1v) is 8.67. The molecule has 0 spiro atoms. The molecule has 0 aliphatic carbocycles. The van der Waals surface area contributed by atoms with Crippen LogP contribution in [0.5, 0.6) is 0 Å². The Morgan fingerprint density at radius 2 is 1.87 bits per heavy atom. The van der Waals surface area contributed by atoms with E-state index >= 15 is 0 Å². The van der Waals surface area contributed by atoms with Crippen molar-refractivity contribution in [2.75, 3.05) is 10.8 Å². The normalized spacial score (nSPS) is 11.3. The van der Waals surface area contributed by atoms with Gasteiger partial charge in [-0.1, -0.05) is 35.3 Å². The Hall–Kier alpha value is -1.76. The summed E-state index contributed by atoms with van der Waals surface area (Å²) < 4.78 is 26.5. The van der Waals surface area contributed by atoms with Crippen LogP contribution in [0.15, 0.2) is 47.4 Å². The first kappa shape index (κ1) is 17.6. The van der Waals surface area contributed by atoms with Crippen molar-refractivity contribution in [3.8, 4) is 0 Å². The SMILES string of the molecule is Cc1cccc(N(CC(=O)O)S(=O)(=O)c2cc(Cl)ccc2Cl)c1. The fourth-order valence-electron chi connectivity index (χ4n) is 2.01. The molecule has 2 aromatic rings. The number of anilines is 1. The van der Waals surface area contributed by atoms with Crippen LogP contribution in [-0.2, 0) is 14.8 Å². The largest absolute Gasteiger partial charge is 0.480 e. The molecule has 0 saturated carbocycles. The van der Waals surface area contributed by atoms with Crippen molar-refractivity contribution in [2.24, 2.45) is 0 Å². The molecule has 0 atom stereocenters. The van der Waals surface area contributed by atoms with E-state index in [0.717, 1.165) is 9.87 Å². The van der Waals surface area contributed by atoms with Crippen molar-refractivity contribution in [3.05, 3.63) is 58.1 Å². The second-order valence-corrected chi connectivity index (χ2v) is 7.49. The first-order valence-electron chi connectivity index (χ1n) is 6.48. The Kier molecular flexibility index (Phi) is 5.19. The van der Waals surface area contributed by atoms with E-state index in [1.807, 2.05) is 0 Å². The Labute approximate surface area is 144 Å². The molecule has 0 aliphatic rings. The summed E-state index contributed by atoms with van der Waals surface area (Å²) in [6, 6.07) is 10.5. The van der Waals surface area contributed by atoms with E-state index in [0.29, 0.717) is 0 Å². The molecule has 5 nitrogen and oxygen atoms in total. The second kappa shape index (κ2) is 6.78. The lowest BCUT2D eigenvalue weighted by Crippen LogP contribution is -2.36. The molecule has 2 aromatic carbocycles. The molecule has 0 aliphatic heterocycles. The van der Waals surface area contributed by atoms with Crippen LogP contribution in [0.3, 0.4) is 0 Å². The first-order chi connectivity index (χ1) is 10.7. The molecule has 23 heavy (non-hydrogen) atoms. The summed E-state index contributed by atoms with van der Waals surface area (Å²) in [7, 11) is -4.18. The third kappa shape index (κ3) is 3.96. The molecular weight excluding hydrogens is 361 g/mol. The minimum absolute atomic E-state index is 0.0301. The van der Waals surface area contributed by atoms with Gasteiger partial charge >= 0.3 is 5.97 Å². The molecule has 0 aromatic heterocycles. The van der Waals surface area contributed by atoms with Gasteiger partial charge in [0.1, 0.15) is 11.4 Å². The minimum Gasteiger partial charge on any atom is -0.480 e. The van der Waals surface area contributed by atoms with Crippen LogP contribution in [0.4, 0.5) is 5.69 Å². The number of carboxylic acids is 1. The molecule has 122 valence electrons. The average Bonchev–Trinajstić information content (AvgIpc) is 2.47.